The molecule has 0 bridgehead atoms. The molecule has 8 nitrogen and oxygen atoms in total. The van der Waals surface area contributed by atoms with Crippen molar-refractivity contribution in [1.82, 2.24) is 0 Å². The van der Waals surface area contributed by atoms with Crippen molar-refractivity contribution in [3.05, 3.63) is 0 Å². The third kappa shape index (κ3) is 3.49. The Bertz CT molecular complexity index is 211. The second kappa shape index (κ2) is 4.38. The van der Waals surface area contributed by atoms with Gasteiger partial charge in [0.05, 0.1) is 0 Å². The van der Waals surface area contributed by atoms with Crippen LogP contribution in [0.2, 0.25) is 0 Å². The van der Waals surface area contributed by atoms with Gasteiger partial charge >= 0.3 is 18.1 Å². The van der Waals surface area contributed by atoms with E-state index in [9.17, 15) is 9.59 Å². The first kappa shape index (κ1) is 11.3. The third-order valence-corrected chi connectivity index (χ3v) is 0.983. The van der Waals surface area contributed by atoms with E-state index in [-0.39, 0.29) is 0 Å². The molecule has 0 saturated carbocycles. The van der Waals surface area contributed by atoms with Gasteiger partial charge in [0.15, 0.2) is 12.2 Å². The van der Waals surface area contributed by atoms with Gasteiger partial charge in [-0.2, -0.15) is 0 Å². The maximum absolute atomic E-state index is 10.1. The zero-order chi connectivity index (χ0) is 10.6. The molecule has 1 rings (SSSR count). The van der Waals surface area contributed by atoms with E-state index >= 15 is 0 Å². The van der Waals surface area contributed by atoms with E-state index in [4.69, 9.17) is 25.2 Å². The highest BCUT2D eigenvalue weighted by Gasteiger charge is 2.41. The number of esters is 2. The number of carbonyl (C=O) groups is 3. The van der Waals surface area contributed by atoms with E-state index in [1.54, 1.807) is 0 Å². The Morgan fingerprint density at radius 3 is 1.38 bits per heavy atom. The summed E-state index contributed by atoms with van der Waals surface area (Å²) in [6.45, 7) is 0. The van der Waals surface area contributed by atoms with E-state index in [1.165, 1.54) is 0 Å². The molecule has 1 aliphatic rings. The molecule has 0 aromatic rings. The summed E-state index contributed by atoms with van der Waals surface area (Å²) < 4.78 is 3.81. The normalized spacial score (nSPS) is 26.0. The average Bonchev–Trinajstić information content (AvgIpc) is 2.17. The van der Waals surface area contributed by atoms with Gasteiger partial charge in [-0.25, -0.2) is 14.4 Å². The van der Waals surface area contributed by atoms with Crippen LogP contribution in [0.1, 0.15) is 0 Å². The van der Waals surface area contributed by atoms with Gasteiger partial charge in [-0.15, -0.1) is 0 Å². The summed E-state index contributed by atoms with van der Waals surface area (Å²) >= 11 is 0. The van der Waals surface area contributed by atoms with Crippen molar-refractivity contribution in [2.45, 2.75) is 12.2 Å². The van der Waals surface area contributed by atoms with Crippen molar-refractivity contribution >= 4 is 18.1 Å². The van der Waals surface area contributed by atoms with Crippen molar-refractivity contribution in [2.75, 3.05) is 0 Å². The Balaban J connectivity index is 0.000000310. The van der Waals surface area contributed by atoms with Crippen LogP contribution in [0.4, 0.5) is 4.79 Å². The van der Waals surface area contributed by atoms with Gasteiger partial charge in [0.1, 0.15) is 0 Å². The van der Waals surface area contributed by atoms with Crippen LogP contribution >= 0.6 is 0 Å². The van der Waals surface area contributed by atoms with Crippen LogP contribution in [-0.4, -0.2) is 50.7 Å². The summed E-state index contributed by atoms with van der Waals surface area (Å²) in [6.07, 6.45) is -5.23. The molecule has 8 heteroatoms. The molecule has 0 aromatic carbocycles. The van der Waals surface area contributed by atoms with Crippen LogP contribution in [0.25, 0.3) is 0 Å². The Labute approximate surface area is 71.0 Å². The molecule has 2 unspecified atom stereocenters. The molecular formula is C5H6O8. The molecule has 1 aliphatic heterocycles. The first-order valence-electron chi connectivity index (χ1n) is 2.89. The lowest BCUT2D eigenvalue weighted by molar-refractivity contribution is -0.155. The lowest BCUT2D eigenvalue weighted by Gasteiger charge is -1.95. The molecule has 1 saturated heterocycles. The van der Waals surface area contributed by atoms with Gasteiger partial charge in [0.2, 0.25) is 0 Å². The Hall–Kier alpha value is -1.67. The zero-order valence-electron chi connectivity index (χ0n) is 6.08. The predicted octanol–water partition coefficient (Wildman–Crippen LogP) is -1.99. The van der Waals surface area contributed by atoms with Crippen LogP contribution < -0.4 is 0 Å². The number of rotatable bonds is 0. The molecular weight excluding hydrogens is 188 g/mol. The quantitative estimate of drug-likeness (QED) is 0.256. The second-order valence-corrected chi connectivity index (χ2v) is 1.91. The Morgan fingerprint density at radius 1 is 1.08 bits per heavy atom. The summed E-state index contributed by atoms with van der Waals surface area (Å²) in [5.74, 6) is -2.18. The van der Waals surface area contributed by atoms with Crippen LogP contribution in [-0.2, 0) is 14.3 Å². The SMILES string of the molecule is O=C(O)O.O=C1OC(=O)C(O)C1O. The van der Waals surface area contributed by atoms with E-state index in [0.717, 1.165) is 0 Å². The van der Waals surface area contributed by atoms with Gasteiger partial charge in [-0.05, 0) is 0 Å². The van der Waals surface area contributed by atoms with Gasteiger partial charge in [-0.1, -0.05) is 0 Å². The first-order chi connectivity index (χ1) is 5.86. The van der Waals surface area contributed by atoms with Gasteiger partial charge < -0.3 is 25.2 Å². The highest BCUT2D eigenvalue weighted by molar-refractivity contribution is 5.99. The molecule has 74 valence electrons. The molecule has 0 amide bonds. The molecule has 1 fully saturated rings. The summed E-state index contributed by atoms with van der Waals surface area (Å²) in [7, 11) is 0. The summed E-state index contributed by atoms with van der Waals surface area (Å²) in [5.41, 5.74) is 0. The molecule has 1 heterocycles. The minimum atomic E-state index is -1.83. The average molecular weight is 194 g/mol. The fraction of sp³-hybridized carbons (Fsp3) is 0.400. The van der Waals surface area contributed by atoms with Crippen molar-refractivity contribution in [3.63, 3.8) is 0 Å². The number of aliphatic hydroxyl groups is 2. The summed E-state index contributed by atoms with van der Waals surface area (Å²) in [5, 5.41) is 30.9. The number of carboxylic acid groups (broad SMARTS) is 2. The highest BCUT2D eigenvalue weighted by Crippen LogP contribution is 2.07. The van der Waals surface area contributed by atoms with Gasteiger partial charge in [0.25, 0.3) is 0 Å². The van der Waals surface area contributed by atoms with Crippen molar-refractivity contribution < 1.29 is 39.5 Å². The van der Waals surface area contributed by atoms with Crippen LogP contribution in [0.3, 0.4) is 0 Å². The molecule has 0 spiro atoms. The second-order valence-electron chi connectivity index (χ2n) is 1.91. The Kier molecular flexibility index (Phi) is 3.82. The lowest BCUT2D eigenvalue weighted by atomic mass is 10.2. The third-order valence-electron chi connectivity index (χ3n) is 0.983. The van der Waals surface area contributed by atoms with Crippen LogP contribution in [0, 0.1) is 0 Å². The maximum atomic E-state index is 10.1. The molecule has 13 heavy (non-hydrogen) atoms. The molecule has 0 aromatic heterocycles. The minimum absolute atomic E-state index is 1.09. The predicted molar refractivity (Wildman–Crippen MR) is 33.8 cm³/mol. The van der Waals surface area contributed by atoms with E-state index in [1.807, 2.05) is 0 Å². The number of aliphatic hydroxyl groups excluding tert-OH is 2. The molecule has 0 aliphatic carbocycles. The number of hydrogen-bond donors (Lipinski definition) is 4. The van der Waals surface area contributed by atoms with Gasteiger partial charge in [0, 0.05) is 0 Å². The highest BCUT2D eigenvalue weighted by atomic mass is 16.6. The van der Waals surface area contributed by atoms with E-state index in [2.05, 4.69) is 4.74 Å². The Morgan fingerprint density at radius 2 is 1.31 bits per heavy atom. The number of hydrogen-bond acceptors (Lipinski definition) is 6. The monoisotopic (exact) mass is 194 g/mol. The van der Waals surface area contributed by atoms with Crippen molar-refractivity contribution in [3.8, 4) is 0 Å². The summed E-state index contributed by atoms with van der Waals surface area (Å²) in [4.78, 5) is 28.8. The van der Waals surface area contributed by atoms with Crippen molar-refractivity contribution in [1.29, 1.82) is 0 Å². The fourth-order valence-corrected chi connectivity index (χ4v) is 0.478. The molecule has 2 atom stereocenters. The molecule has 0 radical (unpaired) electrons. The lowest BCUT2D eigenvalue weighted by Crippen LogP contribution is -2.27. The molecule has 4 N–H and O–H groups in total. The summed E-state index contributed by atoms with van der Waals surface area (Å²) in [6, 6.07) is 0. The standard InChI is InChI=1S/C4H4O5.CH2O3/c5-1-2(6)4(8)9-3(1)7;2-1(3)4/h1-2,5-6H;(H2,2,3,4). The maximum Gasteiger partial charge on any atom is 0.503 e. The first-order valence-corrected chi connectivity index (χ1v) is 2.89. The minimum Gasteiger partial charge on any atom is -0.450 e. The number of cyclic esters (lactones) is 2. The smallest absolute Gasteiger partial charge is 0.450 e. The fourth-order valence-electron chi connectivity index (χ4n) is 0.478. The van der Waals surface area contributed by atoms with Crippen LogP contribution in [0.5, 0.6) is 0 Å². The zero-order valence-corrected chi connectivity index (χ0v) is 6.08. The number of ether oxygens (including phenoxy) is 1. The van der Waals surface area contributed by atoms with Crippen molar-refractivity contribution in [2.24, 2.45) is 0 Å². The van der Waals surface area contributed by atoms with E-state index in [0.29, 0.717) is 0 Å². The largest absolute Gasteiger partial charge is 0.503 e. The van der Waals surface area contributed by atoms with Gasteiger partial charge in [-0.3, -0.25) is 0 Å². The number of carbonyl (C=O) groups excluding carboxylic acids is 2. The topological polar surface area (TPSA) is 141 Å². The van der Waals surface area contributed by atoms with Crippen LogP contribution in [0.15, 0.2) is 0 Å². The van der Waals surface area contributed by atoms with E-state index < -0.39 is 30.3 Å².